The van der Waals surface area contributed by atoms with Crippen LogP contribution >= 0.6 is 0 Å². The van der Waals surface area contributed by atoms with Gasteiger partial charge in [0.15, 0.2) is 0 Å². The molecular weight excluding hydrogens is 773 g/mol. The summed E-state index contributed by atoms with van der Waals surface area (Å²) in [4.78, 5) is 0. The fourth-order valence-electron chi connectivity index (χ4n) is 12.5. The summed E-state index contributed by atoms with van der Waals surface area (Å²) in [6, 6.07) is 79.6. The van der Waals surface area contributed by atoms with E-state index in [0.717, 1.165) is 22.1 Å². The van der Waals surface area contributed by atoms with Crippen LogP contribution in [0.15, 0.2) is 217 Å². The van der Waals surface area contributed by atoms with Gasteiger partial charge in [0, 0.05) is 27.7 Å². The second-order valence-electron chi connectivity index (χ2n) is 18.6. The molecule has 64 heavy (non-hydrogen) atoms. The van der Waals surface area contributed by atoms with Gasteiger partial charge in [-0.15, -0.1) is 0 Å². The van der Waals surface area contributed by atoms with E-state index in [9.17, 15) is 0 Å². The second-order valence-corrected chi connectivity index (χ2v) is 18.6. The maximum absolute atomic E-state index is 7.21. The highest BCUT2D eigenvalue weighted by atomic mass is 16.3. The van der Waals surface area contributed by atoms with Crippen molar-refractivity contribution in [3.05, 3.63) is 262 Å². The third kappa shape index (κ3) is 4.58. The highest BCUT2D eigenvalue weighted by Gasteiger charge is 2.51. The zero-order valence-corrected chi connectivity index (χ0v) is 35.7. The van der Waals surface area contributed by atoms with E-state index in [4.69, 9.17) is 4.42 Å². The van der Waals surface area contributed by atoms with E-state index >= 15 is 0 Å². The monoisotopic (exact) mass is 814 g/mol. The molecule has 0 bridgehead atoms. The van der Waals surface area contributed by atoms with Crippen molar-refractivity contribution in [1.82, 2.24) is 0 Å². The minimum Gasteiger partial charge on any atom is -0.455 e. The SMILES string of the molecule is CC1(C)c2ccccc2-c2ccc(-c3c4ccccc4cc4c3oc3cccc(C(c5ccccc5)c5ccc6c(c5)C5(c7ccccc7-c7ccccc75)c5ccccc5-6)c34)cc21. The number of furan rings is 1. The largest absolute Gasteiger partial charge is 0.455 e. The number of benzene rings is 10. The van der Waals surface area contributed by atoms with Gasteiger partial charge in [-0.1, -0.05) is 208 Å². The fourth-order valence-corrected chi connectivity index (χ4v) is 12.5. The van der Waals surface area contributed by atoms with Crippen LogP contribution in [0.1, 0.15) is 69.8 Å². The third-order valence-electron chi connectivity index (χ3n) is 15.2. The standard InChI is InChI=1S/C63H42O/c1-62(2)51-26-12-8-21-43(51)47-33-32-41(36-55(47)62)59-42-20-7-6-19-39(42)35-50-60-49(25-16-30-57(60)64-61(50)59)58(38-17-4-3-5-18-38)40-31-34-48-46-24-11-15-29-54(46)63(56(48)37-40)52-27-13-9-22-44(52)45-23-10-14-28-53(45)63/h3-37,58H,1-2H3. The quantitative estimate of drug-likeness (QED) is 0.161. The number of fused-ring (bicyclic) bond motifs is 17. The summed E-state index contributed by atoms with van der Waals surface area (Å²) in [6.45, 7) is 4.72. The van der Waals surface area contributed by atoms with E-state index < -0.39 is 5.41 Å². The predicted octanol–water partition coefficient (Wildman–Crippen LogP) is 16.2. The molecule has 0 saturated carbocycles. The van der Waals surface area contributed by atoms with Gasteiger partial charge in [-0.25, -0.2) is 0 Å². The summed E-state index contributed by atoms with van der Waals surface area (Å²) in [5, 5.41) is 4.72. The molecule has 0 N–H and O–H groups in total. The second kappa shape index (κ2) is 12.9. The minimum atomic E-state index is -0.426. The van der Waals surface area contributed by atoms with Gasteiger partial charge in [0.1, 0.15) is 11.2 Å². The molecule has 1 unspecified atom stereocenters. The lowest BCUT2D eigenvalue weighted by Gasteiger charge is -2.31. The summed E-state index contributed by atoms with van der Waals surface area (Å²) in [6.07, 6.45) is 0. The summed E-state index contributed by atoms with van der Waals surface area (Å²) >= 11 is 0. The summed E-state index contributed by atoms with van der Waals surface area (Å²) in [5.41, 5.74) is 23.5. The summed E-state index contributed by atoms with van der Waals surface area (Å²) < 4.78 is 7.21. The van der Waals surface area contributed by atoms with Gasteiger partial charge in [0.2, 0.25) is 0 Å². The zero-order valence-electron chi connectivity index (χ0n) is 35.7. The molecule has 0 aliphatic heterocycles. The Bertz CT molecular complexity index is 3700. The molecule has 1 heteroatoms. The van der Waals surface area contributed by atoms with E-state index in [1.807, 2.05) is 0 Å². The van der Waals surface area contributed by atoms with Gasteiger partial charge < -0.3 is 4.42 Å². The Morgan fingerprint density at radius 2 is 0.953 bits per heavy atom. The molecular formula is C63H42O. The van der Waals surface area contributed by atoms with Crippen molar-refractivity contribution in [2.24, 2.45) is 0 Å². The highest BCUT2D eigenvalue weighted by molar-refractivity contribution is 6.19. The Labute approximate surface area is 372 Å². The number of hydrogen-bond donors (Lipinski definition) is 0. The molecule has 0 saturated heterocycles. The van der Waals surface area contributed by atoms with Crippen LogP contribution in [0.5, 0.6) is 0 Å². The fraction of sp³-hybridized carbons (Fsp3) is 0.0794. The van der Waals surface area contributed by atoms with E-state index in [-0.39, 0.29) is 11.3 Å². The molecule has 0 fully saturated rings. The molecule has 0 radical (unpaired) electrons. The Kier molecular flexibility index (Phi) is 7.22. The maximum Gasteiger partial charge on any atom is 0.143 e. The normalized spacial score (nSPS) is 14.9. The van der Waals surface area contributed by atoms with Crippen LogP contribution in [0.2, 0.25) is 0 Å². The van der Waals surface area contributed by atoms with Gasteiger partial charge in [-0.2, -0.15) is 0 Å². The molecule has 3 aliphatic carbocycles. The zero-order chi connectivity index (χ0) is 42.3. The number of rotatable bonds is 4. The van der Waals surface area contributed by atoms with Gasteiger partial charge in [0.05, 0.1) is 5.41 Å². The first-order chi connectivity index (χ1) is 31.5. The van der Waals surface area contributed by atoms with Gasteiger partial charge >= 0.3 is 0 Å². The molecule has 3 aliphatic rings. The smallest absolute Gasteiger partial charge is 0.143 e. The van der Waals surface area contributed by atoms with Crippen molar-refractivity contribution < 1.29 is 4.42 Å². The topological polar surface area (TPSA) is 13.1 Å². The van der Waals surface area contributed by atoms with Crippen molar-refractivity contribution >= 4 is 32.7 Å². The van der Waals surface area contributed by atoms with Crippen molar-refractivity contribution in [2.45, 2.75) is 30.6 Å². The van der Waals surface area contributed by atoms with E-state index in [1.54, 1.807) is 0 Å². The van der Waals surface area contributed by atoms with Crippen molar-refractivity contribution in [2.75, 3.05) is 0 Å². The van der Waals surface area contributed by atoms with Gasteiger partial charge in [-0.05, 0) is 118 Å². The minimum absolute atomic E-state index is 0.0714. The molecule has 0 amide bonds. The predicted molar refractivity (Wildman–Crippen MR) is 264 cm³/mol. The first kappa shape index (κ1) is 35.8. The molecule has 14 rings (SSSR count). The van der Waals surface area contributed by atoms with Crippen molar-refractivity contribution in [3.8, 4) is 44.5 Å². The van der Waals surface area contributed by atoms with E-state index in [0.29, 0.717) is 0 Å². The molecule has 1 spiro atoms. The average molecular weight is 815 g/mol. The van der Waals surface area contributed by atoms with Crippen molar-refractivity contribution in [3.63, 3.8) is 0 Å². The average Bonchev–Trinajstić information content (AvgIpc) is 4.03. The van der Waals surface area contributed by atoms with Gasteiger partial charge in [0.25, 0.3) is 0 Å². The lowest BCUT2D eigenvalue weighted by atomic mass is 9.70. The molecule has 1 heterocycles. The molecule has 10 aromatic carbocycles. The lowest BCUT2D eigenvalue weighted by molar-refractivity contribution is 0.660. The summed E-state index contributed by atoms with van der Waals surface area (Å²) in [7, 11) is 0. The van der Waals surface area contributed by atoms with Crippen LogP contribution in [0, 0.1) is 0 Å². The maximum atomic E-state index is 7.21. The van der Waals surface area contributed by atoms with Crippen LogP contribution in [-0.2, 0) is 10.8 Å². The third-order valence-corrected chi connectivity index (χ3v) is 15.2. The van der Waals surface area contributed by atoms with Crippen LogP contribution in [-0.4, -0.2) is 0 Å². The van der Waals surface area contributed by atoms with Crippen LogP contribution in [0.3, 0.4) is 0 Å². The Morgan fingerprint density at radius 1 is 0.391 bits per heavy atom. The molecule has 1 aromatic heterocycles. The molecule has 1 nitrogen and oxygen atoms in total. The molecule has 300 valence electrons. The van der Waals surface area contributed by atoms with Crippen LogP contribution < -0.4 is 0 Å². The Hall–Kier alpha value is -7.74. The van der Waals surface area contributed by atoms with Crippen LogP contribution in [0.4, 0.5) is 0 Å². The van der Waals surface area contributed by atoms with Gasteiger partial charge in [-0.3, -0.25) is 0 Å². The Morgan fingerprint density at radius 3 is 1.66 bits per heavy atom. The first-order valence-corrected chi connectivity index (χ1v) is 22.6. The molecule has 11 aromatic rings. The Balaban J connectivity index is 1.03. The van der Waals surface area contributed by atoms with E-state index in [1.165, 1.54) is 105 Å². The molecule has 1 atom stereocenters. The first-order valence-electron chi connectivity index (χ1n) is 22.6. The van der Waals surface area contributed by atoms with Crippen molar-refractivity contribution in [1.29, 1.82) is 0 Å². The number of hydrogen-bond acceptors (Lipinski definition) is 1. The lowest BCUT2D eigenvalue weighted by Crippen LogP contribution is -2.26. The highest BCUT2D eigenvalue weighted by Crippen LogP contribution is 2.63. The summed E-state index contributed by atoms with van der Waals surface area (Å²) in [5.74, 6) is -0.0714. The van der Waals surface area contributed by atoms with Crippen LogP contribution in [0.25, 0.3) is 77.2 Å². The van der Waals surface area contributed by atoms with E-state index in [2.05, 4.69) is 226 Å².